The maximum Gasteiger partial charge on any atom is 0.223 e. The number of hydrogen-bond donors (Lipinski definition) is 1. The van der Waals surface area contributed by atoms with E-state index in [0.29, 0.717) is 12.5 Å². The lowest BCUT2D eigenvalue weighted by Crippen LogP contribution is -2.32. The molecule has 2 aromatic rings. The van der Waals surface area contributed by atoms with Gasteiger partial charge < -0.3 is 5.32 Å². The van der Waals surface area contributed by atoms with Crippen LogP contribution in [-0.4, -0.2) is 5.91 Å². The molecule has 0 unspecified atom stereocenters. The third-order valence-electron chi connectivity index (χ3n) is 3.76. The number of amides is 1. The first-order valence-electron chi connectivity index (χ1n) is 8.00. The number of hydrogen-bond acceptors (Lipinski definition) is 1. The Morgan fingerprint density at radius 2 is 1.45 bits per heavy atom. The van der Waals surface area contributed by atoms with Gasteiger partial charge >= 0.3 is 0 Å². The molecule has 0 saturated carbocycles. The van der Waals surface area contributed by atoms with Gasteiger partial charge in [0.1, 0.15) is 0 Å². The Bertz CT molecular complexity index is 563. The van der Waals surface area contributed by atoms with E-state index in [4.69, 9.17) is 0 Å². The summed E-state index contributed by atoms with van der Waals surface area (Å²) in [7, 11) is 0. The third kappa shape index (κ3) is 5.36. The Hall–Kier alpha value is -2.09. The Labute approximate surface area is 133 Å². The lowest BCUT2D eigenvalue weighted by molar-refractivity contribution is -0.125. The van der Waals surface area contributed by atoms with Crippen LogP contribution in [0.3, 0.4) is 0 Å². The van der Waals surface area contributed by atoms with Crippen LogP contribution in [-0.2, 0) is 17.8 Å². The van der Waals surface area contributed by atoms with Crippen molar-refractivity contribution < 1.29 is 4.79 Å². The minimum atomic E-state index is 0.0334. The molecule has 0 spiro atoms. The van der Waals surface area contributed by atoms with E-state index < -0.39 is 0 Å². The van der Waals surface area contributed by atoms with Crippen molar-refractivity contribution in [3.63, 3.8) is 0 Å². The summed E-state index contributed by atoms with van der Waals surface area (Å²) in [4.78, 5) is 12.5. The van der Waals surface area contributed by atoms with Gasteiger partial charge in [0.2, 0.25) is 5.91 Å². The zero-order valence-corrected chi connectivity index (χ0v) is 13.5. The molecule has 0 aromatic heterocycles. The SMILES string of the molecule is CC(C)C[C@@H](Cc1ccccc1)C(=O)NCc1ccccc1. The standard InChI is InChI=1S/C20H25NO/c1-16(2)13-19(14-17-9-5-3-6-10-17)20(22)21-15-18-11-7-4-8-12-18/h3-12,16,19H,13-15H2,1-2H3,(H,21,22)/t19-/m0/s1. The predicted octanol–water partition coefficient (Wildman–Crippen LogP) is 4.21. The van der Waals surface area contributed by atoms with Crippen molar-refractivity contribution in [2.75, 3.05) is 0 Å². The third-order valence-corrected chi connectivity index (χ3v) is 3.76. The summed E-state index contributed by atoms with van der Waals surface area (Å²) < 4.78 is 0. The van der Waals surface area contributed by atoms with Crippen LogP contribution in [0.1, 0.15) is 31.4 Å². The molecular weight excluding hydrogens is 270 g/mol. The number of carbonyl (C=O) groups is 1. The molecule has 0 radical (unpaired) electrons. The largest absolute Gasteiger partial charge is 0.352 e. The molecule has 0 heterocycles. The molecule has 0 aliphatic heterocycles. The molecule has 1 atom stereocenters. The van der Waals surface area contributed by atoms with Crippen LogP contribution >= 0.6 is 0 Å². The molecule has 22 heavy (non-hydrogen) atoms. The smallest absolute Gasteiger partial charge is 0.223 e. The summed E-state index contributed by atoms with van der Waals surface area (Å²) in [5.41, 5.74) is 2.36. The van der Waals surface area contributed by atoms with Crippen molar-refractivity contribution in [2.24, 2.45) is 11.8 Å². The van der Waals surface area contributed by atoms with Crippen molar-refractivity contribution >= 4 is 5.91 Å². The fourth-order valence-electron chi connectivity index (χ4n) is 2.68. The average Bonchev–Trinajstić information content (AvgIpc) is 2.53. The van der Waals surface area contributed by atoms with Gasteiger partial charge in [0.25, 0.3) is 0 Å². The highest BCUT2D eigenvalue weighted by molar-refractivity contribution is 5.79. The minimum absolute atomic E-state index is 0.0334. The van der Waals surface area contributed by atoms with Gasteiger partial charge in [-0.05, 0) is 29.9 Å². The van der Waals surface area contributed by atoms with Crippen molar-refractivity contribution in [1.29, 1.82) is 0 Å². The van der Waals surface area contributed by atoms with Gasteiger partial charge in [0, 0.05) is 12.5 Å². The predicted molar refractivity (Wildman–Crippen MR) is 91.4 cm³/mol. The quantitative estimate of drug-likeness (QED) is 0.814. The lowest BCUT2D eigenvalue weighted by atomic mass is 9.90. The molecule has 116 valence electrons. The normalized spacial score (nSPS) is 12.1. The Morgan fingerprint density at radius 1 is 0.909 bits per heavy atom. The zero-order chi connectivity index (χ0) is 15.8. The second-order valence-electron chi connectivity index (χ2n) is 6.22. The fraction of sp³-hybridized carbons (Fsp3) is 0.350. The number of nitrogens with one attached hydrogen (secondary N) is 1. The number of rotatable bonds is 7. The summed E-state index contributed by atoms with van der Waals surface area (Å²) in [6, 6.07) is 20.3. The molecule has 0 saturated heterocycles. The molecule has 1 amide bonds. The highest BCUT2D eigenvalue weighted by Crippen LogP contribution is 2.18. The van der Waals surface area contributed by atoms with Crippen molar-refractivity contribution in [2.45, 2.75) is 33.2 Å². The lowest BCUT2D eigenvalue weighted by Gasteiger charge is -2.19. The average molecular weight is 295 g/mol. The van der Waals surface area contributed by atoms with E-state index in [1.54, 1.807) is 0 Å². The van der Waals surface area contributed by atoms with E-state index in [0.717, 1.165) is 18.4 Å². The molecule has 2 rings (SSSR count). The van der Waals surface area contributed by atoms with Crippen LogP contribution in [0, 0.1) is 11.8 Å². The fourth-order valence-corrected chi connectivity index (χ4v) is 2.68. The van der Waals surface area contributed by atoms with E-state index in [-0.39, 0.29) is 11.8 Å². The molecule has 2 nitrogen and oxygen atoms in total. The van der Waals surface area contributed by atoms with E-state index >= 15 is 0 Å². The molecule has 2 aromatic carbocycles. The van der Waals surface area contributed by atoms with E-state index in [2.05, 4.69) is 31.3 Å². The van der Waals surface area contributed by atoms with Gasteiger partial charge in [0.15, 0.2) is 0 Å². The van der Waals surface area contributed by atoms with Crippen LogP contribution in [0.4, 0.5) is 0 Å². The van der Waals surface area contributed by atoms with Crippen LogP contribution in [0.25, 0.3) is 0 Å². The van der Waals surface area contributed by atoms with Gasteiger partial charge in [-0.1, -0.05) is 74.5 Å². The monoisotopic (exact) mass is 295 g/mol. The maximum absolute atomic E-state index is 12.5. The Kier molecular flexibility index (Phi) is 6.20. The molecule has 0 fully saturated rings. The Morgan fingerprint density at radius 3 is 2.00 bits per heavy atom. The van der Waals surface area contributed by atoms with E-state index in [1.165, 1.54) is 5.56 Å². The second kappa shape index (κ2) is 8.38. The molecular formula is C20H25NO. The van der Waals surface area contributed by atoms with Gasteiger partial charge in [-0.2, -0.15) is 0 Å². The van der Waals surface area contributed by atoms with Crippen molar-refractivity contribution in [1.82, 2.24) is 5.32 Å². The van der Waals surface area contributed by atoms with Gasteiger partial charge in [-0.3, -0.25) is 4.79 Å². The van der Waals surface area contributed by atoms with Crippen LogP contribution in [0.5, 0.6) is 0 Å². The van der Waals surface area contributed by atoms with Crippen LogP contribution in [0.15, 0.2) is 60.7 Å². The summed E-state index contributed by atoms with van der Waals surface area (Å²) in [5, 5.41) is 3.09. The molecule has 0 aliphatic carbocycles. The molecule has 0 bridgehead atoms. The van der Waals surface area contributed by atoms with Crippen LogP contribution in [0.2, 0.25) is 0 Å². The summed E-state index contributed by atoms with van der Waals surface area (Å²) in [6.07, 6.45) is 1.72. The molecule has 2 heteroatoms. The Balaban J connectivity index is 1.96. The summed E-state index contributed by atoms with van der Waals surface area (Å²) in [6.45, 7) is 4.94. The number of benzene rings is 2. The summed E-state index contributed by atoms with van der Waals surface area (Å²) in [5.74, 6) is 0.698. The van der Waals surface area contributed by atoms with Crippen LogP contribution < -0.4 is 5.32 Å². The van der Waals surface area contributed by atoms with Crippen molar-refractivity contribution in [3.8, 4) is 0 Å². The molecule has 0 aliphatic rings. The molecule has 1 N–H and O–H groups in total. The first-order valence-corrected chi connectivity index (χ1v) is 8.00. The first kappa shape index (κ1) is 16.3. The minimum Gasteiger partial charge on any atom is -0.352 e. The van der Waals surface area contributed by atoms with Gasteiger partial charge in [-0.15, -0.1) is 0 Å². The zero-order valence-electron chi connectivity index (χ0n) is 13.5. The number of carbonyl (C=O) groups excluding carboxylic acids is 1. The first-order chi connectivity index (χ1) is 10.6. The highest BCUT2D eigenvalue weighted by Gasteiger charge is 2.20. The van der Waals surface area contributed by atoms with Crippen molar-refractivity contribution in [3.05, 3.63) is 71.8 Å². The topological polar surface area (TPSA) is 29.1 Å². The van der Waals surface area contributed by atoms with E-state index in [1.807, 2.05) is 48.5 Å². The highest BCUT2D eigenvalue weighted by atomic mass is 16.1. The second-order valence-corrected chi connectivity index (χ2v) is 6.22. The van der Waals surface area contributed by atoms with Gasteiger partial charge in [-0.25, -0.2) is 0 Å². The maximum atomic E-state index is 12.5. The van der Waals surface area contributed by atoms with E-state index in [9.17, 15) is 4.79 Å². The van der Waals surface area contributed by atoms with Gasteiger partial charge in [0.05, 0.1) is 0 Å². The summed E-state index contributed by atoms with van der Waals surface area (Å²) >= 11 is 0.